The molecule has 1 aromatic heterocycles. The fraction of sp³-hybridized carbons (Fsp3) is 0.286. The van der Waals surface area contributed by atoms with Crippen molar-refractivity contribution in [2.24, 2.45) is 0 Å². The van der Waals surface area contributed by atoms with Crippen molar-refractivity contribution >= 4 is 5.82 Å². The minimum Gasteiger partial charge on any atom is -0.497 e. The molecule has 0 amide bonds. The fourth-order valence-corrected chi connectivity index (χ4v) is 1.81. The Balaban J connectivity index is 1.89. The Morgan fingerprint density at radius 1 is 1.22 bits per heavy atom. The van der Waals surface area contributed by atoms with Gasteiger partial charge in [-0.3, -0.25) is 0 Å². The molecule has 1 aromatic carbocycles. The number of hydrogen-bond acceptors (Lipinski definition) is 4. The van der Waals surface area contributed by atoms with E-state index in [4.69, 9.17) is 4.74 Å². The van der Waals surface area contributed by atoms with Crippen molar-refractivity contribution in [3.05, 3.63) is 36.7 Å². The van der Waals surface area contributed by atoms with Crippen molar-refractivity contribution < 1.29 is 4.74 Å². The van der Waals surface area contributed by atoms with Gasteiger partial charge in [-0.1, -0.05) is 12.1 Å². The van der Waals surface area contributed by atoms with Gasteiger partial charge in [-0.15, -0.1) is 0 Å². The lowest BCUT2D eigenvalue weighted by Gasteiger charge is -2.06. The first kappa shape index (κ1) is 11.0. The van der Waals surface area contributed by atoms with Crippen LogP contribution >= 0.6 is 0 Å². The lowest BCUT2D eigenvalue weighted by molar-refractivity contribution is 0.415. The van der Waals surface area contributed by atoms with Gasteiger partial charge >= 0.3 is 0 Å². The molecule has 1 heterocycles. The highest BCUT2D eigenvalue weighted by Gasteiger charge is 2.21. The van der Waals surface area contributed by atoms with E-state index in [1.54, 1.807) is 13.4 Å². The van der Waals surface area contributed by atoms with E-state index in [2.05, 4.69) is 15.3 Å². The quantitative estimate of drug-likeness (QED) is 0.894. The summed E-state index contributed by atoms with van der Waals surface area (Å²) in [7, 11) is 1.67. The van der Waals surface area contributed by atoms with E-state index in [0.29, 0.717) is 6.04 Å². The second-order valence-electron chi connectivity index (χ2n) is 4.44. The third kappa shape index (κ3) is 2.42. The van der Waals surface area contributed by atoms with Crippen LogP contribution in [0.1, 0.15) is 12.8 Å². The molecule has 1 aliphatic carbocycles. The zero-order chi connectivity index (χ0) is 12.4. The van der Waals surface area contributed by atoms with Gasteiger partial charge in [-0.25, -0.2) is 9.97 Å². The topological polar surface area (TPSA) is 47.0 Å². The van der Waals surface area contributed by atoms with Crippen LogP contribution < -0.4 is 10.1 Å². The van der Waals surface area contributed by atoms with Gasteiger partial charge < -0.3 is 10.1 Å². The zero-order valence-corrected chi connectivity index (χ0v) is 10.3. The maximum Gasteiger partial charge on any atom is 0.130 e. The summed E-state index contributed by atoms with van der Waals surface area (Å²) >= 11 is 0. The number of anilines is 1. The maximum atomic E-state index is 5.22. The van der Waals surface area contributed by atoms with E-state index in [9.17, 15) is 0 Å². The molecule has 92 valence electrons. The molecule has 3 rings (SSSR count). The number of hydrogen-bond donors (Lipinski definition) is 1. The maximum absolute atomic E-state index is 5.22. The molecule has 1 fully saturated rings. The van der Waals surface area contributed by atoms with Crippen LogP contribution in [0.3, 0.4) is 0 Å². The van der Waals surface area contributed by atoms with Crippen LogP contribution in [0.15, 0.2) is 36.7 Å². The lowest BCUT2D eigenvalue weighted by atomic mass is 10.1. The molecule has 0 atom stereocenters. The summed E-state index contributed by atoms with van der Waals surface area (Å²) in [5.74, 6) is 1.73. The Morgan fingerprint density at radius 2 is 2.11 bits per heavy atom. The summed E-state index contributed by atoms with van der Waals surface area (Å²) in [4.78, 5) is 8.54. The minimum atomic E-state index is 0.595. The molecule has 0 aliphatic heterocycles. The lowest BCUT2D eigenvalue weighted by Crippen LogP contribution is -2.03. The van der Waals surface area contributed by atoms with Gasteiger partial charge in [0.05, 0.1) is 12.8 Å². The second kappa shape index (κ2) is 4.64. The Morgan fingerprint density at radius 3 is 2.89 bits per heavy atom. The molecule has 1 N–H and O–H groups in total. The number of benzene rings is 1. The van der Waals surface area contributed by atoms with Gasteiger partial charge in [-0.2, -0.15) is 0 Å². The first-order valence-electron chi connectivity index (χ1n) is 6.08. The summed E-state index contributed by atoms with van der Waals surface area (Å²) in [5.41, 5.74) is 1.95. The van der Waals surface area contributed by atoms with Crippen LogP contribution in [0.5, 0.6) is 5.75 Å². The van der Waals surface area contributed by atoms with Gasteiger partial charge in [-0.05, 0) is 25.0 Å². The predicted octanol–water partition coefficient (Wildman–Crippen LogP) is 2.73. The van der Waals surface area contributed by atoms with E-state index in [1.165, 1.54) is 12.8 Å². The molecule has 18 heavy (non-hydrogen) atoms. The third-order valence-electron chi connectivity index (χ3n) is 2.96. The Kier molecular flexibility index (Phi) is 2.84. The summed E-state index contributed by atoms with van der Waals surface area (Å²) in [6.07, 6.45) is 4.07. The van der Waals surface area contributed by atoms with Gasteiger partial charge in [0, 0.05) is 17.7 Å². The van der Waals surface area contributed by atoms with Gasteiger partial charge in [0.2, 0.25) is 0 Å². The van der Waals surface area contributed by atoms with Gasteiger partial charge in [0.15, 0.2) is 0 Å². The smallest absolute Gasteiger partial charge is 0.130 e. The first-order valence-corrected chi connectivity index (χ1v) is 6.08. The van der Waals surface area contributed by atoms with Crippen LogP contribution in [0.2, 0.25) is 0 Å². The Labute approximate surface area is 106 Å². The van der Waals surface area contributed by atoms with Crippen LogP contribution in [0.25, 0.3) is 11.3 Å². The van der Waals surface area contributed by atoms with Crippen molar-refractivity contribution in [1.29, 1.82) is 0 Å². The molecular formula is C14H15N3O. The van der Waals surface area contributed by atoms with Crippen molar-refractivity contribution in [1.82, 2.24) is 9.97 Å². The fourth-order valence-electron chi connectivity index (χ4n) is 1.81. The average molecular weight is 241 g/mol. The number of methoxy groups -OCH3 is 1. The molecule has 4 nitrogen and oxygen atoms in total. The molecular weight excluding hydrogens is 226 g/mol. The minimum absolute atomic E-state index is 0.595. The van der Waals surface area contributed by atoms with E-state index >= 15 is 0 Å². The van der Waals surface area contributed by atoms with E-state index in [-0.39, 0.29) is 0 Å². The van der Waals surface area contributed by atoms with Crippen molar-refractivity contribution in [3.8, 4) is 17.0 Å². The number of ether oxygens (including phenoxy) is 1. The molecule has 1 saturated carbocycles. The van der Waals surface area contributed by atoms with Crippen molar-refractivity contribution in [2.75, 3.05) is 12.4 Å². The summed E-state index contributed by atoms with van der Waals surface area (Å²) in [5, 5.41) is 3.37. The average Bonchev–Trinajstić information content (AvgIpc) is 3.23. The highest BCUT2D eigenvalue weighted by molar-refractivity contribution is 5.63. The number of nitrogens with one attached hydrogen (secondary N) is 1. The first-order chi connectivity index (χ1) is 8.85. The largest absolute Gasteiger partial charge is 0.497 e. The molecule has 4 heteroatoms. The predicted molar refractivity (Wildman–Crippen MR) is 70.7 cm³/mol. The summed E-state index contributed by atoms with van der Waals surface area (Å²) in [6, 6.07) is 10.5. The number of aromatic nitrogens is 2. The highest BCUT2D eigenvalue weighted by atomic mass is 16.5. The standard InChI is InChI=1S/C14H15N3O/c1-18-12-4-2-3-10(7-12)13-8-14(16-9-15-13)17-11-5-6-11/h2-4,7-9,11H,5-6H2,1H3,(H,15,16,17). The second-order valence-corrected chi connectivity index (χ2v) is 4.44. The molecule has 1 aliphatic rings. The molecule has 0 bridgehead atoms. The molecule has 0 unspecified atom stereocenters. The van der Waals surface area contributed by atoms with Crippen LogP contribution in [0.4, 0.5) is 5.82 Å². The highest BCUT2D eigenvalue weighted by Crippen LogP contribution is 2.26. The molecule has 2 aromatic rings. The van der Waals surface area contributed by atoms with E-state index in [1.807, 2.05) is 30.3 Å². The number of nitrogens with zero attached hydrogens (tertiary/aromatic N) is 2. The molecule has 0 spiro atoms. The summed E-state index contributed by atoms with van der Waals surface area (Å²) < 4.78 is 5.22. The Bertz CT molecular complexity index is 552. The Hall–Kier alpha value is -2.10. The van der Waals surface area contributed by atoms with Crippen molar-refractivity contribution in [3.63, 3.8) is 0 Å². The van der Waals surface area contributed by atoms with Gasteiger partial charge in [0.1, 0.15) is 17.9 Å². The number of rotatable bonds is 4. The zero-order valence-electron chi connectivity index (χ0n) is 10.3. The van der Waals surface area contributed by atoms with Crippen LogP contribution in [0, 0.1) is 0 Å². The monoisotopic (exact) mass is 241 g/mol. The van der Waals surface area contributed by atoms with Gasteiger partial charge in [0.25, 0.3) is 0 Å². The normalized spacial score (nSPS) is 14.3. The van der Waals surface area contributed by atoms with Crippen molar-refractivity contribution in [2.45, 2.75) is 18.9 Å². The summed E-state index contributed by atoms with van der Waals surface area (Å²) in [6.45, 7) is 0. The van der Waals surface area contributed by atoms with E-state index < -0.39 is 0 Å². The SMILES string of the molecule is COc1cccc(-c2cc(NC3CC3)ncn2)c1. The molecule has 0 saturated heterocycles. The van der Waals surface area contributed by atoms with Crippen LogP contribution in [-0.2, 0) is 0 Å². The molecule has 0 radical (unpaired) electrons. The van der Waals surface area contributed by atoms with E-state index in [0.717, 1.165) is 22.8 Å². The van der Waals surface area contributed by atoms with Crippen LogP contribution in [-0.4, -0.2) is 23.1 Å². The third-order valence-corrected chi connectivity index (χ3v) is 2.96.